The molecule has 0 spiro atoms. The second kappa shape index (κ2) is 2090. The van der Waals surface area contributed by atoms with Gasteiger partial charge < -0.3 is 0 Å². The van der Waals surface area contributed by atoms with Crippen molar-refractivity contribution < 1.29 is 0 Å². The first-order valence-corrected chi connectivity index (χ1v) is 3.00. The minimum absolute atomic E-state index is 0. The summed E-state index contributed by atoms with van der Waals surface area (Å²) in [5, 5.41) is 0. The topological polar surface area (TPSA) is 0 Å². The summed E-state index contributed by atoms with van der Waals surface area (Å²) in [5.41, 5.74) is 0. The minimum Gasteiger partial charge on any atom is -0.147 e. The third-order valence-corrected chi connectivity index (χ3v) is 0. The second-order valence-electron chi connectivity index (χ2n) is 0. The van der Waals surface area contributed by atoms with Crippen LogP contribution in [0.3, 0.4) is 0 Å². The van der Waals surface area contributed by atoms with Crippen LogP contribution in [0.1, 0.15) is 41.5 Å². The van der Waals surface area contributed by atoms with E-state index in [2.05, 4.69) is 0 Å². The fourth-order valence-corrected chi connectivity index (χ4v) is 0. The van der Waals surface area contributed by atoms with Crippen molar-refractivity contribution in [1.82, 2.24) is 0 Å². The molecular formula is C6H19Cl. The van der Waals surface area contributed by atoms with Crippen LogP contribution in [0.25, 0.3) is 0 Å². The van der Waals surface area contributed by atoms with Gasteiger partial charge in [-0.1, -0.05) is 41.5 Å². The Bertz CT molecular complexity index is 4.14. The third-order valence-electron chi connectivity index (χ3n) is 0. The summed E-state index contributed by atoms with van der Waals surface area (Å²) in [4.78, 5) is 0. The first kappa shape index (κ1) is 26.6. The summed E-state index contributed by atoms with van der Waals surface area (Å²) < 4.78 is 0. The van der Waals surface area contributed by atoms with Gasteiger partial charge in [0.1, 0.15) is 0 Å². The van der Waals surface area contributed by atoms with Crippen LogP contribution in [0.5, 0.6) is 0 Å². The lowest BCUT2D eigenvalue weighted by molar-refractivity contribution is 1.50. The van der Waals surface area contributed by atoms with Crippen molar-refractivity contribution in [3.05, 3.63) is 0 Å². The largest absolute Gasteiger partial charge is 0.147 e. The summed E-state index contributed by atoms with van der Waals surface area (Å²) in [5.74, 6) is 0. The molecule has 0 aliphatic rings. The van der Waals surface area contributed by atoms with Crippen LogP contribution >= 0.6 is 12.4 Å². The summed E-state index contributed by atoms with van der Waals surface area (Å²) >= 11 is 0. The highest BCUT2D eigenvalue weighted by Crippen LogP contribution is 1.15. The summed E-state index contributed by atoms with van der Waals surface area (Å²) in [7, 11) is 0. The van der Waals surface area contributed by atoms with Gasteiger partial charge >= 0.3 is 0 Å². The molecule has 0 saturated heterocycles. The normalized spacial score (nSPS) is 2.57. The monoisotopic (exact) mass is 126 g/mol. The lowest BCUT2D eigenvalue weighted by Gasteiger charge is -1.07. The molecule has 0 unspecified atom stereocenters. The molecule has 0 bridgehead atoms. The lowest BCUT2D eigenvalue weighted by atomic mass is 11.0. The molecule has 50 valence electrons. The van der Waals surface area contributed by atoms with Crippen molar-refractivity contribution in [2.24, 2.45) is 0 Å². The van der Waals surface area contributed by atoms with Crippen molar-refractivity contribution in [2.45, 2.75) is 41.5 Å². The zero-order chi connectivity index (χ0) is 6.00. The Labute approximate surface area is 54.7 Å². The average Bonchev–Trinajstić information content (AvgIpc) is 1.81. The van der Waals surface area contributed by atoms with Gasteiger partial charge in [0, 0.05) is 0 Å². The Hall–Kier alpha value is 0.290. The number of hydrogen-bond donors (Lipinski definition) is 0. The van der Waals surface area contributed by atoms with Gasteiger partial charge in [0.25, 0.3) is 0 Å². The third kappa shape index (κ3) is 1380. The van der Waals surface area contributed by atoms with Gasteiger partial charge in [0.05, 0.1) is 0 Å². The van der Waals surface area contributed by atoms with Gasteiger partial charge in [0.15, 0.2) is 0 Å². The molecule has 0 aliphatic heterocycles. The molecule has 0 nitrogen and oxygen atoms in total. The molecule has 0 heterocycles. The van der Waals surface area contributed by atoms with Gasteiger partial charge in [-0.25, -0.2) is 0 Å². The Balaban J connectivity index is -0.00000000900. The fourth-order valence-electron chi connectivity index (χ4n) is 0. The zero-order valence-electron chi connectivity index (χ0n) is 6.41. The van der Waals surface area contributed by atoms with E-state index >= 15 is 0 Å². The van der Waals surface area contributed by atoms with Crippen LogP contribution in [0, 0.1) is 0 Å². The van der Waals surface area contributed by atoms with Gasteiger partial charge in [-0.15, -0.1) is 12.4 Å². The fraction of sp³-hybridized carbons (Fsp3) is 1.00. The molecule has 7 heavy (non-hydrogen) atoms. The highest BCUT2D eigenvalue weighted by atomic mass is 35.5. The van der Waals surface area contributed by atoms with Crippen molar-refractivity contribution in [2.75, 3.05) is 0 Å². The number of rotatable bonds is 0. The maximum Gasteiger partial charge on any atom is -0.0683 e. The molecule has 0 atom stereocenters. The molecule has 1 heteroatoms. The van der Waals surface area contributed by atoms with Gasteiger partial charge in [-0.3, -0.25) is 0 Å². The minimum atomic E-state index is 0. The molecular weight excluding hydrogens is 108 g/mol. The molecule has 0 fully saturated rings. The van der Waals surface area contributed by atoms with Crippen LogP contribution in [-0.2, 0) is 0 Å². The first-order valence-electron chi connectivity index (χ1n) is 3.00. The van der Waals surface area contributed by atoms with Crippen LogP contribution in [-0.4, -0.2) is 0 Å². The van der Waals surface area contributed by atoms with Crippen LogP contribution in [0.4, 0.5) is 0 Å². The molecule has 0 N–H and O–H groups in total. The Morgan fingerprint density at radius 2 is 0.429 bits per heavy atom. The van der Waals surface area contributed by atoms with E-state index in [9.17, 15) is 0 Å². The molecule has 0 amide bonds. The van der Waals surface area contributed by atoms with Gasteiger partial charge in [-0.05, 0) is 0 Å². The van der Waals surface area contributed by atoms with Crippen LogP contribution in [0.15, 0.2) is 0 Å². The second-order valence-corrected chi connectivity index (χ2v) is 0. The highest BCUT2D eigenvalue weighted by Gasteiger charge is 0.936. The van der Waals surface area contributed by atoms with E-state index in [-0.39, 0.29) is 12.4 Å². The van der Waals surface area contributed by atoms with Crippen molar-refractivity contribution >= 4 is 12.4 Å². The predicted octanol–water partition coefficient (Wildman–Crippen LogP) is 3.50. The Morgan fingerprint density at radius 1 is 0.429 bits per heavy atom. The molecule has 0 saturated carbocycles. The lowest BCUT2D eigenvalue weighted by Crippen LogP contribution is -0.856. The van der Waals surface area contributed by atoms with Crippen LogP contribution in [0.2, 0.25) is 0 Å². The molecule has 0 aliphatic carbocycles. The molecule has 0 rings (SSSR count). The van der Waals surface area contributed by atoms with E-state index in [1.807, 2.05) is 41.5 Å². The first-order chi connectivity index (χ1) is 3.00. The standard InChI is InChI=1S/3C2H6.ClH/c3*1-2;/h3*1-2H3;1H. The van der Waals surface area contributed by atoms with E-state index in [1.165, 1.54) is 0 Å². The van der Waals surface area contributed by atoms with Gasteiger partial charge in [0.2, 0.25) is 0 Å². The number of halogens is 1. The predicted molar refractivity (Wildman–Crippen MR) is 41.3 cm³/mol. The molecule has 0 aromatic carbocycles. The van der Waals surface area contributed by atoms with E-state index in [4.69, 9.17) is 0 Å². The van der Waals surface area contributed by atoms with Gasteiger partial charge in [-0.2, -0.15) is 0 Å². The quantitative estimate of drug-likeness (QED) is 0.466. The highest BCUT2D eigenvalue weighted by molar-refractivity contribution is 5.85. The molecule has 0 radical (unpaired) electrons. The van der Waals surface area contributed by atoms with Crippen molar-refractivity contribution in [3.8, 4) is 0 Å². The maximum atomic E-state index is 2.00. The molecule has 0 aromatic rings. The van der Waals surface area contributed by atoms with E-state index < -0.39 is 0 Å². The number of hydrogen-bond acceptors (Lipinski definition) is 0. The SMILES string of the molecule is CC.CC.CC.Cl. The summed E-state index contributed by atoms with van der Waals surface area (Å²) in [6.07, 6.45) is 0. The zero-order valence-corrected chi connectivity index (χ0v) is 7.22. The Kier molecular flexibility index (Phi) is 7970. The summed E-state index contributed by atoms with van der Waals surface area (Å²) in [6, 6.07) is 0. The Morgan fingerprint density at radius 3 is 0.429 bits per heavy atom. The average molecular weight is 127 g/mol. The van der Waals surface area contributed by atoms with E-state index in [0.717, 1.165) is 0 Å². The van der Waals surface area contributed by atoms with Crippen molar-refractivity contribution in [3.63, 3.8) is 0 Å². The van der Waals surface area contributed by atoms with Crippen LogP contribution < -0.4 is 0 Å². The summed E-state index contributed by atoms with van der Waals surface area (Å²) in [6.45, 7) is 12.0. The van der Waals surface area contributed by atoms with E-state index in [1.54, 1.807) is 0 Å². The van der Waals surface area contributed by atoms with E-state index in [0.29, 0.717) is 0 Å². The molecule has 0 aromatic heterocycles. The maximum absolute atomic E-state index is 2.00. The van der Waals surface area contributed by atoms with Crippen molar-refractivity contribution in [1.29, 1.82) is 0 Å². The smallest absolute Gasteiger partial charge is 0.0683 e.